The van der Waals surface area contributed by atoms with Crippen LogP contribution in [0, 0.1) is 0 Å². The second-order valence-electron chi connectivity index (χ2n) is 4.82. The maximum absolute atomic E-state index is 12.2. The Morgan fingerprint density at radius 2 is 2.17 bits per heavy atom. The van der Waals surface area contributed by atoms with E-state index in [0.717, 1.165) is 4.88 Å². The third-order valence-corrected chi connectivity index (χ3v) is 4.67. The molecule has 1 atom stereocenters. The van der Waals surface area contributed by atoms with Gasteiger partial charge in [0.2, 0.25) is 0 Å². The van der Waals surface area contributed by atoms with Gasteiger partial charge in [-0.15, -0.1) is 21.5 Å². The normalized spacial score (nSPS) is 12.0. The molecular weight excluding hydrogens is 396 g/mol. The molecule has 0 fully saturated rings. The number of methoxy groups -OCH3 is 1. The molecule has 0 N–H and O–H groups in total. The van der Waals surface area contributed by atoms with Crippen molar-refractivity contribution >= 4 is 33.2 Å². The number of esters is 1. The van der Waals surface area contributed by atoms with Gasteiger partial charge in [0.25, 0.3) is 11.8 Å². The van der Waals surface area contributed by atoms with Crippen LogP contribution in [-0.2, 0) is 4.74 Å². The fourth-order valence-corrected chi connectivity index (χ4v) is 3.16. The number of aromatic nitrogens is 2. The fourth-order valence-electron chi connectivity index (χ4n) is 1.97. The molecule has 2 heterocycles. The molecule has 6 nitrogen and oxygen atoms in total. The van der Waals surface area contributed by atoms with Crippen LogP contribution in [0.25, 0.3) is 10.8 Å². The maximum Gasteiger partial charge on any atom is 0.338 e. The van der Waals surface area contributed by atoms with E-state index in [2.05, 4.69) is 26.1 Å². The minimum Gasteiger partial charge on any atom is -0.496 e. The molecule has 8 heteroatoms. The number of hydrogen-bond donors (Lipinski definition) is 0. The second-order valence-corrected chi connectivity index (χ2v) is 6.62. The first kappa shape index (κ1) is 16.7. The standard InChI is InChI=1S/C16H13BrN2O4S/c1-9(14-18-19-15(23-14)13-4-3-7-24-13)22-16(20)10-5-6-12(21-2)11(17)8-10/h3-9H,1-2H3. The molecule has 0 aliphatic heterocycles. The fraction of sp³-hybridized carbons (Fsp3) is 0.188. The highest BCUT2D eigenvalue weighted by atomic mass is 79.9. The van der Waals surface area contributed by atoms with Crippen LogP contribution in [0.1, 0.15) is 29.3 Å². The van der Waals surface area contributed by atoms with Crippen LogP contribution in [0.15, 0.2) is 44.6 Å². The quantitative estimate of drug-likeness (QED) is 0.579. The van der Waals surface area contributed by atoms with E-state index in [-0.39, 0.29) is 5.89 Å². The summed E-state index contributed by atoms with van der Waals surface area (Å²) in [6, 6.07) is 8.73. The Hall–Kier alpha value is -2.19. The van der Waals surface area contributed by atoms with Gasteiger partial charge in [-0.25, -0.2) is 4.79 Å². The van der Waals surface area contributed by atoms with Crippen molar-refractivity contribution in [2.24, 2.45) is 0 Å². The molecule has 0 bridgehead atoms. The lowest BCUT2D eigenvalue weighted by Crippen LogP contribution is -2.09. The number of thiophene rings is 1. The molecule has 0 saturated carbocycles. The highest BCUT2D eigenvalue weighted by molar-refractivity contribution is 9.10. The highest BCUT2D eigenvalue weighted by Crippen LogP contribution is 2.28. The van der Waals surface area contributed by atoms with E-state index in [1.165, 1.54) is 11.3 Å². The lowest BCUT2D eigenvalue weighted by Gasteiger charge is -2.10. The first-order valence-electron chi connectivity index (χ1n) is 7.00. The largest absolute Gasteiger partial charge is 0.496 e. The van der Waals surface area contributed by atoms with Crippen LogP contribution in [-0.4, -0.2) is 23.3 Å². The molecule has 0 saturated heterocycles. The molecule has 24 heavy (non-hydrogen) atoms. The lowest BCUT2D eigenvalue weighted by atomic mass is 10.2. The van der Waals surface area contributed by atoms with Gasteiger partial charge >= 0.3 is 5.97 Å². The first-order valence-corrected chi connectivity index (χ1v) is 8.67. The maximum atomic E-state index is 12.2. The number of halogens is 1. The van der Waals surface area contributed by atoms with E-state index >= 15 is 0 Å². The third-order valence-electron chi connectivity index (χ3n) is 3.19. The molecule has 0 amide bonds. The highest BCUT2D eigenvalue weighted by Gasteiger charge is 2.20. The Labute approximate surface area is 150 Å². The zero-order valence-corrected chi connectivity index (χ0v) is 15.3. The molecule has 3 aromatic rings. The third kappa shape index (κ3) is 3.49. The van der Waals surface area contributed by atoms with Crippen LogP contribution in [0.5, 0.6) is 5.75 Å². The predicted octanol–water partition coefficient (Wildman–Crippen LogP) is 4.49. The van der Waals surface area contributed by atoms with Gasteiger partial charge in [-0.2, -0.15) is 0 Å². The Morgan fingerprint density at radius 1 is 1.33 bits per heavy atom. The summed E-state index contributed by atoms with van der Waals surface area (Å²) >= 11 is 4.84. The van der Waals surface area contributed by atoms with Gasteiger partial charge in [-0.3, -0.25) is 0 Å². The zero-order valence-electron chi connectivity index (χ0n) is 12.9. The van der Waals surface area contributed by atoms with Crippen LogP contribution < -0.4 is 4.74 Å². The Morgan fingerprint density at radius 3 is 2.83 bits per heavy atom. The van der Waals surface area contributed by atoms with E-state index < -0.39 is 12.1 Å². The number of rotatable bonds is 5. The average Bonchev–Trinajstić information content (AvgIpc) is 3.25. The molecule has 2 aromatic heterocycles. The minimum atomic E-state index is -0.653. The van der Waals surface area contributed by atoms with E-state index in [1.807, 2.05) is 17.5 Å². The van der Waals surface area contributed by atoms with Gasteiger partial charge < -0.3 is 13.9 Å². The average molecular weight is 409 g/mol. The van der Waals surface area contributed by atoms with Crippen molar-refractivity contribution in [3.05, 3.63) is 51.6 Å². The number of nitrogens with zero attached hydrogens (tertiary/aromatic N) is 2. The van der Waals surface area contributed by atoms with Crippen molar-refractivity contribution in [3.63, 3.8) is 0 Å². The van der Waals surface area contributed by atoms with Crippen LogP contribution in [0.4, 0.5) is 0 Å². The molecular formula is C16H13BrN2O4S. The van der Waals surface area contributed by atoms with Crippen molar-refractivity contribution < 1.29 is 18.7 Å². The summed E-state index contributed by atoms with van der Waals surface area (Å²) in [5.41, 5.74) is 0.396. The summed E-state index contributed by atoms with van der Waals surface area (Å²) in [5.74, 6) is 0.813. The van der Waals surface area contributed by atoms with Crippen molar-refractivity contribution in [1.82, 2.24) is 10.2 Å². The molecule has 1 aromatic carbocycles. The Kier molecular flexibility index (Phi) is 4.96. The summed E-state index contributed by atoms with van der Waals surface area (Å²) in [5, 5.41) is 9.84. The van der Waals surface area contributed by atoms with Crippen molar-refractivity contribution in [1.29, 1.82) is 0 Å². The molecule has 1 unspecified atom stereocenters. The zero-order chi connectivity index (χ0) is 17.1. The monoisotopic (exact) mass is 408 g/mol. The topological polar surface area (TPSA) is 74.5 Å². The van der Waals surface area contributed by atoms with Gasteiger partial charge in [-0.05, 0) is 52.5 Å². The Bertz CT molecular complexity index is 848. The minimum absolute atomic E-state index is 0.249. The summed E-state index contributed by atoms with van der Waals surface area (Å²) in [7, 11) is 1.56. The van der Waals surface area contributed by atoms with Gasteiger partial charge in [-0.1, -0.05) is 6.07 Å². The lowest BCUT2D eigenvalue weighted by molar-refractivity contribution is 0.0280. The van der Waals surface area contributed by atoms with Crippen LogP contribution in [0.2, 0.25) is 0 Å². The van der Waals surface area contributed by atoms with E-state index in [9.17, 15) is 4.79 Å². The number of hydrogen-bond acceptors (Lipinski definition) is 7. The molecule has 0 radical (unpaired) electrons. The van der Waals surface area contributed by atoms with Crippen LogP contribution in [0.3, 0.4) is 0 Å². The van der Waals surface area contributed by atoms with Gasteiger partial charge in [0.1, 0.15) is 5.75 Å². The molecule has 0 aliphatic rings. The Balaban J connectivity index is 1.71. The second kappa shape index (κ2) is 7.14. The number of carbonyl (C=O) groups is 1. The van der Waals surface area contributed by atoms with E-state index in [1.54, 1.807) is 32.2 Å². The summed E-state index contributed by atoms with van der Waals surface area (Å²) in [4.78, 5) is 13.1. The van der Waals surface area contributed by atoms with E-state index in [0.29, 0.717) is 21.7 Å². The molecule has 0 spiro atoms. The van der Waals surface area contributed by atoms with Gasteiger partial charge in [0, 0.05) is 0 Å². The molecule has 0 aliphatic carbocycles. The number of ether oxygens (including phenoxy) is 2. The van der Waals surface area contributed by atoms with Crippen LogP contribution >= 0.6 is 27.3 Å². The van der Waals surface area contributed by atoms with Crippen molar-refractivity contribution in [2.75, 3.05) is 7.11 Å². The van der Waals surface area contributed by atoms with Crippen molar-refractivity contribution in [2.45, 2.75) is 13.0 Å². The van der Waals surface area contributed by atoms with Crippen molar-refractivity contribution in [3.8, 4) is 16.5 Å². The molecule has 3 rings (SSSR count). The predicted molar refractivity (Wildman–Crippen MR) is 92.1 cm³/mol. The number of benzene rings is 1. The number of carbonyl (C=O) groups excluding carboxylic acids is 1. The smallest absolute Gasteiger partial charge is 0.338 e. The molecule has 124 valence electrons. The SMILES string of the molecule is COc1ccc(C(=O)OC(C)c2nnc(-c3cccs3)o2)cc1Br. The van der Waals surface area contributed by atoms with E-state index in [4.69, 9.17) is 13.9 Å². The summed E-state index contributed by atoms with van der Waals surface area (Å²) in [6.07, 6.45) is -0.653. The first-order chi connectivity index (χ1) is 11.6. The summed E-state index contributed by atoms with van der Waals surface area (Å²) < 4.78 is 16.8. The van der Waals surface area contributed by atoms with Gasteiger partial charge in [0.15, 0.2) is 6.10 Å². The van der Waals surface area contributed by atoms with Gasteiger partial charge in [0.05, 0.1) is 22.0 Å². The summed E-state index contributed by atoms with van der Waals surface area (Å²) in [6.45, 7) is 1.68.